The number of nitro groups is 1. The zero-order valence-electron chi connectivity index (χ0n) is 16.9. The number of fused-ring (bicyclic) bond motifs is 1. The van der Waals surface area contributed by atoms with Crippen molar-refractivity contribution in [3.8, 4) is 5.75 Å². The Labute approximate surface area is 184 Å². The summed E-state index contributed by atoms with van der Waals surface area (Å²) in [4.78, 5) is 27.7. The lowest BCUT2D eigenvalue weighted by molar-refractivity contribution is -0.383. The number of unbranched alkanes of at least 4 members (excludes halogenated alkanes) is 1. The fourth-order valence-electron chi connectivity index (χ4n) is 3.21. The van der Waals surface area contributed by atoms with Gasteiger partial charge in [0.25, 0.3) is 5.69 Å². The lowest BCUT2D eigenvalue weighted by Crippen LogP contribution is -2.27. The van der Waals surface area contributed by atoms with Gasteiger partial charge in [-0.2, -0.15) is 0 Å². The van der Waals surface area contributed by atoms with Crippen molar-refractivity contribution in [3.05, 3.63) is 81.0 Å². The molecule has 1 heterocycles. The van der Waals surface area contributed by atoms with Crippen LogP contribution in [0, 0.1) is 10.1 Å². The number of benzene rings is 2. The van der Waals surface area contributed by atoms with Gasteiger partial charge in [0.15, 0.2) is 0 Å². The van der Waals surface area contributed by atoms with Gasteiger partial charge in [-0.1, -0.05) is 49.2 Å². The fourth-order valence-corrected chi connectivity index (χ4v) is 3.34. The molecule has 8 heteroatoms. The lowest BCUT2D eigenvalue weighted by atomic mass is 9.99. The Morgan fingerprint density at radius 2 is 2.06 bits per heavy atom. The molecule has 2 aromatic carbocycles. The third-order valence-electron chi connectivity index (χ3n) is 4.83. The van der Waals surface area contributed by atoms with Gasteiger partial charge >= 0.3 is 0 Å². The van der Waals surface area contributed by atoms with Crippen LogP contribution in [0.25, 0.3) is 17.0 Å². The van der Waals surface area contributed by atoms with Crippen LogP contribution in [0.2, 0.25) is 5.02 Å². The molecule has 1 atom stereocenters. The summed E-state index contributed by atoms with van der Waals surface area (Å²) in [6.45, 7) is 1.98. The van der Waals surface area contributed by atoms with Crippen LogP contribution in [-0.2, 0) is 4.79 Å². The third kappa shape index (κ3) is 5.38. The minimum atomic E-state index is -0.787. The zero-order chi connectivity index (χ0) is 22.4. The van der Waals surface area contributed by atoms with Gasteiger partial charge in [0.1, 0.15) is 11.3 Å². The molecule has 160 valence electrons. The molecule has 1 aromatic heterocycles. The number of nitro benzene ring substituents is 1. The lowest BCUT2D eigenvalue weighted by Gasteiger charge is -2.18. The molecule has 0 spiro atoms. The van der Waals surface area contributed by atoms with Crippen LogP contribution >= 0.6 is 11.6 Å². The maximum Gasteiger partial charge on any atom is 0.279 e. The summed E-state index contributed by atoms with van der Waals surface area (Å²) in [5.41, 5.74) is 0.945. The number of phenols is 1. The minimum absolute atomic E-state index is 0.111. The second-order valence-electron chi connectivity index (χ2n) is 7.05. The highest BCUT2D eigenvalue weighted by molar-refractivity contribution is 6.30. The van der Waals surface area contributed by atoms with E-state index in [2.05, 4.69) is 10.3 Å². The van der Waals surface area contributed by atoms with Crippen LogP contribution in [0.3, 0.4) is 0 Å². The van der Waals surface area contributed by atoms with Gasteiger partial charge in [-0.25, -0.2) is 0 Å². The van der Waals surface area contributed by atoms with E-state index >= 15 is 0 Å². The molecule has 0 fully saturated rings. The van der Waals surface area contributed by atoms with Crippen LogP contribution in [0.15, 0.2) is 54.7 Å². The van der Waals surface area contributed by atoms with Gasteiger partial charge in [0.05, 0.1) is 16.4 Å². The van der Waals surface area contributed by atoms with Crippen molar-refractivity contribution < 1.29 is 14.8 Å². The molecule has 0 aliphatic carbocycles. The quantitative estimate of drug-likeness (QED) is 0.353. The number of hydrogen-bond acceptors (Lipinski definition) is 5. The van der Waals surface area contributed by atoms with Gasteiger partial charge in [-0.15, -0.1) is 0 Å². The molecule has 0 aliphatic heterocycles. The summed E-state index contributed by atoms with van der Waals surface area (Å²) in [5.74, 6) is -0.418. The molecular weight excluding hydrogens is 418 g/mol. The normalized spacial score (nSPS) is 12.2. The molecule has 1 amide bonds. The predicted octanol–water partition coefficient (Wildman–Crippen LogP) is 5.56. The second kappa shape index (κ2) is 10.0. The Morgan fingerprint density at radius 3 is 2.74 bits per heavy atom. The number of rotatable bonds is 8. The number of non-ortho nitro benzene ring substituents is 1. The van der Waals surface area contributed by atoms with E-state index in [1.54, 1.807) is 42.5 Å². The van der Waals surface area contributed by atoms with E-state index < -0.39 is 11.0 Å². The SMILES string of the molecule is CCCCC(=O)NC(/C=C/c1ccc(Cl)cc1)c1cc([N+](=O)[O-])c2cccnc2c1O. The smallest absolute Gasteiger partial charge is 0.279 e. The van der Waals surface area contributed by atoms with Crippen molar-refractivity contribution >= 4 is 40.2 Å². The number of aromatic hydroxyl groups is 1. The van der Waals surface area contributed by atoms with Crippen molar-refractivity contribution in [3.63, 3.8) is 0 Å². The van der Waals surface area contributed by atoms with Gasteiger partial charge in [0.2, 0.25) is 5.91 Å². The zero-order valence-corrected chi connectivity index (χ0v) is 17.7. The largest absolute Gasteiger partial charge is 0.505 e. The monoisotopic (exact) mass is 439 g/mol. The first-order valence-electron chi connectivity index (χ1n) is 9.88. The number of pyridine rings is 1. The molecule has 0 bridgehead atoms. The third-order valence-corrected chi connectivity index (χ3v) is 5.08. The topological polar surface area (TPSA) is 105 Å². The molecule has 3 aromatic rings. The number of nitrogens with one attached hydrogen (secondary N) is 1. The van der Waals surface area contributed by atoms with Crippen molar-refractivity contribution in [2.24, 2.45) is 0 Å². The van der Waals surface area contributed by atoms with E-state index in [0.29, 0.717) is 17.9 Å². The summed E-state index contributed by atoms with van der Waals surface area (Å²) in [7, 11) is 0. The highest BCUT2D eigenvalue weighted by atomic mass is 35.5. The van der Waals surface area contributed by atoms with E-state index in [1.165, 1.54) is 18.3 Å². The highest BCUT2D eigenvalue weighted by Gasteiger charge is 2.24. The van der Waals surface area contributed by atoms with E-state index in [9.17, 15) is 20.0 Å². The Balaban J connectivity index is 2.08. The van der Waals surface area contributed by atoms with Crippen LogP contribution < -0.4 is 5.32 Å². The van der Waals surface area contributed by atoms with Crippen LogP contribution in [-0.4, -0.2) is 20.9 Å². The van der Waals surface area contributed by atoms with E-state index in [4.69, 9.17) is 11.6 Å². The highest BCUT2D eigenvalue weighted by Crippen LogP contribution is 2.38. The standard InChI is InChI=1S/C23H22ClN3O4/c1-2-3-6-21(28)26-19(12-9-15-7-10-16(24)11-8-15)18-14-20(27(30)31)17-5-4-13-25-22(17)23(18)29/h4-5,7-14,19,29H,2-3,6H2,1H3,(H,26,28)/b12-9+. The Hall–Kier alpha value is -3.45. The molecule has 31 heavy (non-hydrogen) atoms. The Bertz CT molecular complexity index is 1130. The fraction of sp³-hybridized carbons (Fsp3) is 0.217. The first-order chi connectivity index (χ1) is 14.9. The first kappa shape index (κ1) is 22.2. The molecule has 2 N–H and O–H groups in total. The summed E-state index contributed by atoms with van der Waals surface area (Å²) >= 11 is 5.93. The summed E-state index contributed by atoms with van der Waals surface area (Å²) in [6, 6.07) is 10.7. The maximum absolute atomic E-state index is 12.4. The number of hydrogen-bond donors (Lipinski definition) is 2. The van der Waals surface area contributed by atoms with Gasteiger partial charge in [0, 0.05) is 29.3 Å². The van der Waals surface area contributed by atoms with Crippen LogP contribution in [0.4, 0.5) is 5.69 Å². The predicted molar refractivity (Wildman–Crippen MR) is 121 cm³/mol. The molecule has 1 unspecified atom stereocenters. The van der Waals surface area contributed by atoms with Gasteiger partial charge < -0.3 is 10.4 Å². The van der Waals surface area contributed by atoms with Crippen molar-refractivity contribution in [1.29, 1.82) is 0 Å². The summed E-state index contributed by atoms with van der Waals surface area (Å²) in [6.07, 6.45) is 6.78. The number of aromatic nitrogens is 1. The molecule has 0 radical (unpaired) electrons. The van der Waals surface area contributed by atoms with Gasteiger partial charge in [-0.05, 0) is 36.2 Å². The maximum atomic E-state index is 12.4. The minimum Gasteiger partial charge on any atom is -0.505 e. The van der Waals surface area contributed by atoms with Crippen molar-refractivity contribution in [2.45, 2.75) is 32.2 Å². The number of carbonyl (C=O) groups excluding carboxylic acids is 1. The summed E-state index contributed by atoms with van der Waals surface area (Å²) in [5, 5.41) is 26.2. The molecule has 7 nitrogen and oxygen atoms in total. The molecule has 0 aliphatic rings. The first-order valence-corrected chi connectivity index (χ1v) is 10.3. The van der Waals surface area contributed by atoms with Crippen molar-refractivity contribution in [1.82, 2.24) is 10.3 Å². The number of amides is 1. The molecule has 0 saturated heterocycles. The molecule has 0 saturated carbocycles. The van der Waals surface area contributed by atoms with E-state index in [1.807, 2.05) is 6.92 Å². The van der Waals surface area contributed by atoms with Crippen LogP contribution in [0.1, 0.15) is 43.4 Å². The Morgan fingerprint density at radius 1 is 1.32 bits per heavy atom. The second-order valence-corrected chi connectivity index (χ2v) is 7.49. The van der Waals surface area contributed by atoms with E-state index in [-0.39, 0.29) is 33.8 Å². The van der Waals surface area contributed by atoms with E-state index in [0.717, 1.165) is 12.0 Å². The number of nitrogens with zero attached hydrogens (tertiary/aromatic N) is 2. The Kier molecular flexibility index (Phi) is 7.20. The molecule has 3 rings (SSSR count). The summed E-state index contributed by atoms with van der Waals surface area (Å²) < 4.78 is 0. The average molecular weight is 440 g/mol. The average Bonchev–Trinajstić information content (AvgIpc) is 2.76. The van der Waals surface area contributed by atoms with Gasteiger partial charge in [-0.3, -0.25) is 19.9 Å². The number of halogens is 1. The number of phenolic OH excluding ortho intramolecular Hbond substituents is 1. The molecular formula is C23H22ClN3O4. The van der Waals surface area contributed by atoms with Crippen LogP contribution in [0.5, 0.6) is 5.75 Å². The number of carbonyl (C=O) groups is 1. The van der Waals surface area contributed by atoms with Crippen molar-refractivity contribution in [2.75, 3.05) is 0 Å².